The van der Waals surface area contributed by atoms with E-state index in [-0.39, 0.29) is 5.69 Å². The molecule has 1 N–H and O–H groups in total. The molecule has 0 saturated heterocycles. The van der Waals surface area contributed by atoms with E-state index in [0.29, 0.717) is 22.9 Å². The van der Waals surface area contributed by atoms with Gasteiger partial charge in [0.25, 0.3) is 0 Å². The lowest BCUT2D eigenvalue weighted by atomic mass is 10.1. The van der Waals surface area contributed by atoms with Crippen molar-refractivity contribution in [3.8, 4) is 22.7 Å². The van der Waals surface area contributed by atoms with E-state index in [4.69, 9.17) is 4.74 Å². The van der Waals surface area contributed by atoms with E-state index >= 15 is 0 Å². The van der Waals surface area contributed by atoms with Gasteiger partial charge in [-0.2, -0.15) is 26.1 Å². The largest absolute Gasteiger partial charge is 0.466 e. The van der Waals surface area contributed by atoms with E-state index in [1.54, 1.807) is 29.5 Å². The quantitative estimate of drug-likeness (QED) is 0.474. The van der Waals surface area contributed by atoms with Crippen LogP contribution in [0.3, 0.4) is 0 Å². The summed E-state index contributed by atoms with van der Waals surface area (Å²) in [6.07, 6.45) is 1.00. The summed E-state index contributed by atoms with van der Waals surface area (Å²) in [6.45, 7) is 1.84. The SMILES string of the molecule is CC(Oc1nc2c(cc1-c1ccsc1)nnn2-c1ccccc1F)c1ncn[nH]1. The number of hydrogen-bond donors (Lipinski definition) is 1. The molecule has 8 nitrogen and oxygen atoms in total. The summed E-state index contributed by atoms with van der Waals surface area (Å²) in [5.74, 6) is 0.532. The molecule has 1 unspecified atom stereocenters. The Labute approximate surface area is 168 Å². The van der Waals surface area contributed by atoms with Crippen molar-refractivity contribution in [1.29, 1.82) is 0 Å². The highest BCUT2D eigenvalue weighted by Gasteiger charge is 2.20. The molecule has 4 heterocycles. The number of para-hydroxylation sites is 1. The smallest absolute Gasteiger partial charge is 0.224 e. The number of aromatic nitrogens is 7. The molecule has 29 heavy (non-hydrogen) atoms. The van der Waals surface area contributed by atoms with Crippen LogP contribution in [-0.4, -0.2) is 35.2 Å². The molecule has 0 saturated carbocycles. The van der Waals surface area contributed by atoms with Crippen molar-refractivity contribution >= 4 is 22.5 Å². The number of rotatable bonds is 5. The fourth-order valence-corrected chi connectivity index (χ4v) is 3.63. The second-order valence-electron chi connectivity index (χ2n) is 6.28. The average Bonchev–Trinajstić information content (AvgIpc) is 3.49. The molecule has 0 aliphatic carbocycles. The van der Waals surface area contributed by atoms with E-state index in [1.807, 2.05) is 29.8 Å². The van der Waals surface area contributed by atoms with Crippen LogP contribution in [0, 0.1) is 5.82 Å². The van der Waals surface area contributed by atoms with Crippen molar-refractivity contribution in [1.82, 2.24) is 35.2 Å². The first-order chi connectivity index (χ1) is 14.2. The minimum Gasteiger partial charge on any atom is -0.466 e. The number of ether oxygens (including phenoxy) is 1. The molecule has 4 aromatic heterocycles. The lowest BCUT2D eigenvalue weighted by Gasteiger charge is -2.14. The maximum Gasteiger partial charge on any atom is 0.224 e. The van der Waals surface area contributed by atoms with Gasteiger partial charge >= 0.3 is 0 Å². The van der Waals surface area contributed by atoms with Gasteiger partial charge in [-0.25, -0.2) is 9.37 Å². The van der Waals surface area contributed by atoms with E-state index in [0.717, 1.165) is 11.1 Å². The standard InChI is InChI=1S/C19H14FN7OS/c1-11(17-21-10-22-25-17)28-19-13(12-6-7-29-9-12)8-15-18(23-19)27(26-24-15)16-5-3-2-4-14(16)20/h2-11H,1H3,(H,21,22,25). The zero-order valence-corrected chi connectivity index (χ0v) is 16.0. The van der Waals surface area contributed by atoms with Gasteiger partial charge in [-0.15, -0.1) is 5.10 Å². The highest BCUT2D eigenvalue weighted by molar-refractivity contribution is 7.08. The Bertz CT molecular complexity index is 1270. The van der Waals surface area contributed by atoms with Crippen LogP contribution in [-0.2, 0) is 0 Å². The molecule has 144 valence electrons. The van der Waals surface area contributed by atoms with Crippen LogP contribution in [0.4, 0.5) is 4.39 Å². The van der Waals surface area contributed by atoms with Crippen molar-refractivity contribution in [3.05, 3.63) is 65.1 Å². The number of benzene rings is 1. The molecule has 0 fully saturated rings. The Hall–Kier alpha value is -3.66. The molecule has 10 heteroatoms. The van der Waals surface area contributed by atoms with Crippen LogP contribution in [0.5, 0.6) is 5.88 Å². The van der Waals surface area contributed by atoms with Crippen LogP contribution in [0.15, 0.2) is 53.5 Å². The number of thiophene rings is 1. The van der Waals surface area contributed by atoms with E-state index in [1.165, 1.54) is 17.1 Å². The van der Waals surface area contributed by atoms with E-state index in [2.05, 4.69) is 30.5 Å². The van der Waals surface area contributed by atoms with E-state index < -0.39 is 11.9 Å². The molecule has 0 bridgehead atoms. The zero-order valence-electron chi connectivity index (χ0n) is 15.2. The molecule has 1 atom stereocenters. The Morgan fingerprint density at radius 2 is 2.14 bits per heavy atom. The topological polar surface area (TPSA) is 94.4 Å². The highest BCUT2D eigenvalue weighted by atomic mass is 32.1. The molecule has 5 rings (SSSR count). The van der Waals surface area contributed by atoms with Crippen LogP contribution in [0.2, 0.25) is 0 Å². The van der Waals surface area contributed by atoms with Gasteiger partial charge in [-0.05, 0) is 47.5 Å². The first kappa shape index (κ1) is 17.4. The Morgan fingerprint density at radius 3 is 2.90 bits per heavy atom. The Balaban J connectivity index is 1.67. The molecule has 0 radical (unpaired) electrons. The molecule has 1 aromatic carbocycles. The third-order valence-electron chi connectivity index (χ3n) is 4.41. The van der Waals surface area contributed by atoms with Crippen LogP contribution >= 0.6 is 11.3 Å². The highest BCUT2D eigenvalue weighted by Crippen LogP contribution is 2.35. The van der Waals surface area contributed by atoms with Gasteiger partial charge in [-0.1, -0.05) is 17.3 Å². The molecule has 0 spiro atoms. The zero-order chi connectivity index (χ0) is 19.8. The monoisotopic (exact) mass is 407 g/mol. The van der Waals surface area contributed by atoms with Gasteiger partial charge in [0.15, 0.2) is 17.6 Å². The number of nitrogens with zero attached hydrogens (tertiary/aromatic N) is 6. The summed E-state index contributed by atoms with van der Waals surface area (Å²) >= 11 is 1.57. The molecule has 0 aliphatic heterocycles. The summed E-state index contributed by atoms with van der Waals surface area (Å²) < 4.78 is 21.8. The minimum absolute atomic E-state index is 0.264. The maximum atomic E-state index is 14.3. The van der Waals surface area contributed by atoms with Crippen molar-refractivity contribution in [3.63, 3.8) is 0 Å². The van der Waals surface area contributed by atoms with Crippen molar-refractivity contribution < 1.29 is 9.13 Å². The van der Waals surface area contributed by atoms with Crippen LogP contribution < -0.4 is 4.74 Å². The van der Waals surface area contributed by atoms with Gasteiger partial charge in [0.2, 0.25) is 5.88 Å². The lowest BCUT2D eigenvalue weighted by molar-refractivity contribution is 0.209. The van der Waals surface area contributed by atoms with Crippen molar-refractivity contribution in [2.75, 3.05) is 0 Å². The molecule has 0 amide bonds. The number of aromatic amines is 1. The summed E-state index contributed by atoms with van der Waals surface area (Å²) in [7, 11) is 0. The molecular formula is C19H14FN7OS. The van der Waals surface area contributed by atoms with Crippen molar-refractivity contribution in [2.45, 2.75) is 13.0 Å². The second kappa shape index (κ2) is 7.06. The first-order valence-electron chi connectivity index (χ1n) is 8.76. The van der Waals surface area contributed by atoms with Crippen molar-refractivity contribution in [2.24, 2.45) is 0 Å². The lowest BCUT2D eigenvalue weighted by Crippen LogP contribution is -2.08. The summed E-state index contributed by atoms with van der Waals surface area (Å²) in [4.78, 5) is 8.79. The van der Waals surface area contributed by atoms with Gasteiger partial charge in [0.05, 0.1) is 0 Å². The molecule has 0 aliphatic rings. The normalized spacial score (nSPS) is 12.3. The predicted molar refractivity (Wildman–Crippen MR) is 105 cm³/mol. The van der Waals surface area contributed by atoms with Crippen LogP contribution in [0.1, 0.15) is 18.9 Å². The second-order valence-corrected chi connectivity index (χ2v) is 7.06. The number of pyridine rings is 1. The minimum atomic E-state index is -0.419. The summed E-state index contributed by atoms with van der Waals surface area (Å²) in [6, 6.07) is 10.2. The first-order valence-corrected chi connectivity index (χ1v) is 9.71. The number of hydrogen-bond acceptors (Lipinski definition) is 7. The van der Waals surface area contributed by atoms with Gasteiger partial charge in [-0.3, -0.25) is 5.10 Å². The van der Waals surface area contributed by atoms with Crippen LogP contribution in [0.25, 0.3) is 28.0 Å². The summed E-state index contributed by atoms with van der Waals surface area (Å²) in [5, 5.41) is 18.9. The third kappa shape index (κ3) is 3.13. The summed E-state index contributed by atoms with van der Waals surface area (Å²) in [5.41, 5.74) is 2.92. The van der Waals surface area contributed by atoms with Gasteiger partial charge in [0, 0.05) is 5.56 Å². The molecule has 5 aromatic rings. The average molecular weight is 407 g/mol. The fourth-order valence-electron chi connectivity index (χ4n) is 2.98. The number of fused-ring (bicyclic) bond motifs is 1. The Kier molecular flexibility index (Phi) is 4.24. The maximum absolute atomic E-state index is 14.3. The number of H-pyrrole nitrogens is 1. The van der Waals surface area contributed by atoms with Gasteiger partial charge < -0.3 is 4.74 Å². The third-order valence-corrected chi connectivity index (χ3v) is 5.09. The fraction of sp³-hybridized carbons (Fsp3) is 0.105. The molecular weight excluding hydrogens is 393 g/mol. The predicted octanol–water partition coefficient (Wildman–Crippen LogP) is 3.94. The van der Waals surface area contributed by atoms with E-state index in [9.17, 15) is 4.39 Å². The van der Waals surface area contributed by atoms with Gasteiger partial charge in [0.1, 0.15) is 23.3 Å². The number of nitrogens with one attached hydrogen (secondary N) is 1. The Morgan fingerprint density at radius 1 is 1.24 bits per heavy atom. The number of halogens is 1.